The van der Waals surface area contributed by atoms with Crippen molar-refractivity contribution in [3.63, 3.8) is 0 Å². The number of hydrogen-bond acceptors (Lipinski definition) is 6. The first-order valence-corrected chi connectivity index (χ1v) is 9.33. The standard InChI is InChI=1S/C17H17FN2O4S2/c1-9-13(15(19)22)16(26-14(9)17(23)24-2)20-12(21)7-8-25-11-5-3-10(18)4-6-11/h3-6H,7-8H2,1-2H3,(H2,19,22)(H,20,21). The highest BCUT2D eigenvalue weighted by molar-refractivity contribution is 7.99. The van der Waals surface area contributed by atoms with Gasteiger partial charge in [-0.1, -0.05) is 0 Å². The Morgan fingerprint density at radius 1 is 1.27 bits per heavy atom. The third-order valence-electron chi connectivity index (χ3n) is 3.43. The average Bonchev–Trinajstić information content (AvgIpc) is 2.92. The summed E-state index contributed by atoms with van der Waals surface area (Å²) in [4.78, 5) is 36.6. The molecule has 26 heavy (non-hydrogen) atoms. The second-order valence-electron chi connectivity index (χ2n) is 5.22. The maximum atomic E-state index is 12.9. The fraction of sp³-hybridized carbons (Fsp3) is 0.235. The first-order chi connectivity index (χ1) is 12.3. The molecule has 0 aliphatic carbocycles. The third-order valence-corrected chi connectivity index (χ3v) is 5.63. The number of primary amides is 1. The van der Waals surface area contributed by atoms with Gasteiger partial charge >= 0.3 is 5.97 Å². The number of nitrogens with two attached hydrogens (primary N) is 1. The Labute approximate surface area is 157 Å². The van der Waals surface area contributed by atoms with E-state index in [1.54, 1.807) is 19.1 Å². The van der Waals surface area contributed by atoms with Crippen LogP contribution in [-0.4, -0.2) is 30.6 Å². The molecule has 1 heterocycles. The molecule has 0 saturated heterocycles. The Bertz CT molecular complexity index is 834. The van der Waals surface area contributed by atoms with Crippen LogP contribution in [-0.2, 0) is 9.53 Å². The minimum absolute atomic E-state index is 0.106. The number of anilines is 1. The molecular formula is C17H17FN2O4S2. The summed E-state index contributed by atoms with van der Waals surface area (Å²) in [6, 6.07) is 5.97. The van der Waals surface area contributed by atoms with Crippen LogP contribution in [0.5, 0.6) is 0 Å². The van der Waals surface area contributed by atoms with E-state index in [0.29, 0.717) is 11.3 Å². The van der Waals surface area contributed by atoms with E-state index < -0.39 is 11.9 Å². The zero-order valence-corrected chi connectivity index (χ0v) is 15.8. The molecule has 2 rings (SSSR count). The highest BCUT2D eigenvalue weighted by Gasteiger charge is 2.24. The van der Waals surface area contributed by atoms with Crippen molar-refractivity contribution in [1.29, 1.82) is 0 Å². The van der Waals surface area contributed by atoms with Crippen molar-refractivity contribution in [3.8, 4) is 0 Å². The van der Waals surface area contributed by atoms with Gasteiger partial charge in [0.25, 0.3) is 5.91 Å². The summed E-state index contributed by atoms with van der Waals surface area (Å²) in [6.07, 6.45) is 0.171. The number of hydrogen-bond donors (Lipinski definition) is 2. The first kappa shape index (κ1) is 19.9. The lowest BCUT2D eigenvalue weighted by molar-refractivity contribution is -0.115. The number of benzene rings is 1. The predicted molar refractivity (Wildman–Crippen MR) is 99.3 cm³/mol. The van der Waals surface area contributed by atoms with Gasteiger partial charge in [0.1, 0.15) is 15.7 Å². The van der Waals surface area contributed by atoms with Crippen LogP contribution in [0.2, 0.25) is 0 Å². The lowest BCUT2D eigenvalue weighted by Gasteiger charge is -2.05. The number of esters is 1. The molecule has 0 fully saturated rings. The molecule has 2 aromatic rings. The molecule has 6 nitrogen and oxygen atoms in total. The highest BCUT2D eigenvalue weighted by atomic mass is 32.2. The van der Waals surface area contributed by atoms with Crippen molar-refractivity contribution in [2.45, 2.75) is 18.2 Å². The second-order valence-corrected chi connectivity index (χ2v) is 7.41. The smallest absolute Gasteiger partial charge is 0.348 e. The van der Waals surface area contributed by atoms with Gasteiger partial charge in [-0.25, -0.2) is 9.18 Å². The maximum Gasteiger partial charge on any atom is 0.348 e. The summed E-state index contributed by atoms with van der Waals surface area (Å²) < 4.78 is 17.5. The Balaban J connectivity index is 2.02. The molecule has 138 valence electrons. The normalized spacial score (nSPS) is 10.4. The van der Waals surface area contributed by atoms with Gasteiger partial charge in [0, 0.05) is 17.1 Å². The Hall–Kier alpha value is -2.39. The summed E-state index contributed by atoms with van der Waals surface area (Å²) in [5.74, 6) is -1.50. The molecule has 0 spiro atoms. The fourth-order valence-electron chi connectivity index (χ4n) is 2.17. The van der Waals surface area contributed by atoms with Crippen LogP contribution in [0.3, 0.4) is 0 Å². The summed E-state index contributed by atoms with van der Waals surface area (Å²) in [5.41, 5.74) is 5.85. The van der Waals surface area contributed by atoms with E-state index in [-0.39, 0.29) is 33.6 Å². The number of carbonyl (C=O) groups is 3. The van der Waals surface area contributed by atoms with E-state index in [1.807, 2.05) is 0 Å². The molecule has 0 aliphatic heterocycles. The third kappa shape index (κ3) is 4.83. The van der Waals surface area contributed by atoms with Crippen LogP contribution >= 0.6 is 23.1 Å². The van der Waals surface area contributed by atoms with Crippen LogP contribution < -0.4 is 11.1 Å². The molecule has 0 aliphatic rings. The van der Waals surface area contributed by atoms with Gasteiger partial charge < -0.3 is 15.8 Å². The van der Waals surface area contributed by atoms with Crippen LogP contribution in [0.15, 0.2) is 29.2 Å². The summed E-state index contributed by atoms with van der Waals surface area (Å²) in [7, 11) is 1.23. The molecule has 0 unspecified atom stereocenters. The molecule has 0 bridgehead atoms. The lowest BCUT2D eigenvalue weighted by Crippen LogP contribution is -2.17. The molecule has 0 radical (unpaired) electrons. The summed E-state index contributed by atoms with van der Waals surface area (Å²) in [6.45, 7) is 1.57. The second kappa shape index (κ2) is 8.81. The lowest BCUT2D eigenvalue weighted by atomic mass is 10.1. The number of rotatable bonds is 7. The fourth-order valence-corrected chi connectivity index (χ4v) is 4.17. The molecule has 9 heteroatoms. The SMILES string of the molecule is COC(=O)c1sc(NC(=O)CCSc2ccc(F)cc2)c(C(N)=O)c1C. The van der Waals surface area contributed by atoms with E-state index in [2.05, 4.69) is 10.1 Å². The van der Waals surface area contributed by atoms with Crippen LogP contribution in [0.25, 0.3) is 0 Å². The summed E-state index contributed by atoms with van der Waals surface area (Å²) in [5, 5.41) is 2.85. The quantitative estimate of drug-likeness (QED) is 0.553. The van der Waals surface area contributed by atoms with E-state index in [0.717, 1.165) is 16.2 Å². The van der Waals surface area contributed by atoms with Crippen LogP contribution in [0.4, 0.5) is 9.39 Å². The highest BCUT2D eigenvalue weighted by Crippen LogP contribution is 2.33. The van der Waals surface area contributed by atoms with Gasteiger partial charge in [0.15, 0.2) is 0 Å². The number of thioether (sulfide) groups is 1. The van der Waals surface area contributed by atoms with Crippen LogP contribution in [0.1, 0.15) is 32.0 Å². The minimum Gasteiger partial charge on any atom is -0.465 e. The van der Waals surface area contributed by atoms with Crippen LogP contribution in [0, 0.1) is 12.7 Å². The number of ether oxygens (including phenoxy) is 1. The van der Waals surface area contributed by atoms with Gasteiger partial charge in [0.05, 0.1) is 12.7 Å². The molecule has 0 atom stereocenters. The summed E-state index contributed by atoms with van der Waals surface area (Å²) >= 11 is 2.36. The van der Waals surface area contributed by atoms with E-state index >= 15 is 0 Å². The monoisotopic (exact) mass is 396 g/mol. The van der Waals surface area contributed by atoms with Gasteiger partial charge in [-0.05, 0) is 36.8 Å². The topological polar surface area (TPSA) is 98.5 Å². The van der Waals surface area contributed by atoms with Crippen molar-refractivity contribution in [3.05, 3.63) is 46.1 Å². The first-order valence-electron chi connectivity index (χ1n) is 7.53. The Morgan fingerprint density at radius 2 is 1.92 bits per heavy atom. The average molecular weight is 396 g/mol. The molecule has 1 aromatic heterocycles. The van der Waals surface area contributed by atoms with Crippen molar-refractivity contribution < 1.29 is 23.5 Å². The van der Waals surface area contributed by atoms with Crippen molar-refractivity contribution >= 4 is 45.9 Å². The van der Waals surface area contributed by atoms with E-state index in [9.17, 15) is 18.8 Å². The number of methoxy groups -OCH3 is 1. The van der Waals surface area contributed by atoms with Crippen molar-refractivity contribution in [1.82, 2.24) is 0 Å². The number of halogens is 1. The zero-order chi connectivity index (χ0) is 19.3. The minimum atomic E-state index is -0.732. The largest absolute Gasteiger partial charge is 0.465 e. The van der Waals surface area contributed by atoms with Crippen molar-refractivity contribution in [2.24, 2.45) is 5.73 Å². The number of carbonyl (C=O) groups excluding carboxylic acids is 3. The Morgan fingerprint density at radius 3 is 2.50 bits per heavy atom. The van der Waals surface area contributed by atoms with Gasteiger partial charge in [0.2, 0.25) is 5.91 Å². The molecular weight excluding hydrogens is 379 g/mol. The number of amides is 2. The maximum absolute atomic E-state index is 12.9. The number of thiophene rings is 1. The van der Waals surface area contributed by atoms with Gasteiger partial charge in [-0.3, -0.25) is 9.59 Å². The molecule has 3 N–H and O–H groups in total. The number of nitrogens with one attached hydrogen (secondary N) is 1. The molecule has 1 aromatic carbocycles. The van der Waals surface area contributed by atoms with E-state index in [1.165, 1.54) is 31.0 Å². The van der Waals surface area contributed by atoms with Gasteiger partial charge in [-0.15, -0.1) is 23.1 Å². The molecule has 2 amide bonds. The van der Waals surface area contributed by atoms with E-state index in [4.69, 9.17) is 5.73 Å². The predicted octanol–water partition coefficient (Wildman–Crippen LogP) is 3.20. The Kier molecular flexibility index (Phi) is 6.76. The van der Waals surface area contributed by atoms with Gasteiger partial charge in [-0.2, -0.15) is 0 Å². The molecule has 0 saturated carbocycles. The zero-order valence-electron chi connectivity index (χ0n) is 14.1. The van der Waals surface area contributed by atoms with Crippen molar-refractivity contribution in [2.75, 3.05) is 18.2 Å².